The van der Waals surface area contributed by atoms with E-state index < -0.39 is 0 Å². The Kier molecular flexibility index (Phi) is 6.81. The largest absolute Gasteiger partial charge is 0.497 e. The zero-order valence-corrected chi connectivity index (χ0v) is 14.6. The minimum atomic E-state index is 0.1000. The topological polar surface area (TPSA) is 56.6 Å². The summed E-state index contributed by atoms with van der Waals surface area (Å²) in [6.07, 6.45) is 4.17. The van der Waals surface area contributed by atoms with E-state index in [0.29, 0.717) is 32.7 Å². The lowest BCUT2D eigenvalue weighted by Gasteiger charge is -2.22. The Morgan fingerprint density at radius 1 is 1.33 bits per heavy atom. The molecule has 1 aromatic carbocycles. The molecule has 6 nitrogen and oxygen atoms in total. The van der Waals surface area contributed by atoms with Crippen molar-refractivity contribution in [2.24, 2.45) is 0 Å². The van der Waals surface area contributed by atoms with Gasteiger partial charge >= 0.3 is 0 Å². The summed E-state index contributed by atoms with van der Waals surface area (Å²) in [7, 11) is 3.30. The van der Waals surface area contributed by atoms with Crippen molar-refractivity contribution in [2.75, 3.05) is 27.4 Å². The predicted octanol–water partition coefficient (Wildman–Crippen LogP) is 2.33. The van der Waals surface area contributed by atoms with Gasteiger partial charge in [-0.3, -0.25) is 4.79 Å². The highest BCUT2D eigenvalue weighted by atomic mass is 16.5. The number of carbonyl (C=O) groups is 1. The molecule has 130 valence electrons. The summed E-state index contributed by atoms with van der Waals surface area (Å²) in [4.78, 5) is 18.3. The van der Waals surface area contributed by atoms with Crippen LogP contribution in [0, 0.1) is 0 Å². The van der Waals surface area contributed by atoms with Crippen LogP contribution in [0.5, 0.6) is 5.75 Å². The summed E-state index contributed by atoms with van der Waals surface area (Å²) in [5.74, 6) is 1.79. The number of rotatable bonds is 9. The van der Waals surface area contributed by atoms with Crippen molar-refractivity contribution >= 4 is 5.91 Å². The summed E-state index contributed by atoms with van der Waals surface area (Å²) in [6.45, 7) is 4.11. The lowest BCUT2D eigenvalue weighted by atomic mass is 10.2. The normalized spacial score (nSPS) is 10.6. The van der Waals surface area contributed by atoms with Crippen molar-refractivity contribution < 1.29 is 14.3 Å². The van der Waals surface area contributed by atoms with E-state index in [2.05, 4.69) is 9.55 Å². The van der Waals surface area contributed by atoms with Gasteiger partial charge in [-0.2, -0.15) is 0 Å². The number of hydrogen-bond donors (Lipinski definition) is 0. The molecule has 1 amide bonds. The van der Waals surface area contributed by atoms with E-state index in [9.17, 15) is 4.79 Å². The molecule has 1 aromatic heterocycles. The minimum Gasteiger partial charge on any atom is -0.497 e. The van der Waals surface area contributed by atoms with Crippen LogP contribution in [0.3, 0.4) is 0 Å². The van der Waals surface area contributed by atoms with E-state index in [0.717, 1.165) is 17.1 Å². The van der Waals surface area contributed by atoms with Crippen LogP contribution in [0.15, 0.2) is 36.7 Å². The molecule has 0 N–H and O–H groups in total. The molecular weight excluding hydrogens is 306 g/mol. The van der Waals surface area contributed by atoms with Gasteiger partial charge in [0.1, 0.15) is 11.6 Å². The molecule has 0 spiro atoms. The first-order valence-corrected chi connectivity index (χ1v) is 8.07. The molecule has 0 fully saturated rings. The summed E-state index contributed by atoms with van der Waals surface area (Å²) in [6, 6.07) is 7.94. The van der Waals surface area contributed by atoms with Crippen molar-refractivity contribution in [3.8, 4) is 5.75 Å². The van der Waals surface area contributed by atoms with Crippen molar-refractivity contribution in [2.45, 2.75) is 26.4 Å². The van der Waals surface area contributed by atoms with E-state index >= 15 is 0 Å². The van der Waals surface area contributed by atoms with Gasteiger partial charge in [0.05, 0.1) is 20.3 Å². The molecular formula is C18H25N3O3. The molecule has 2 aromatic rings. The first-order chi connectivity index (χ1) is 11.7. The van der Waals surface area contributed by atoms with Crippen LogP contribution in [0.2, 0.25) is 0 Å². The smallest absolute Gasteiger partial charge is 0.222 e. The summed E-state index contributed by atoms with van der Waals surface area (Å²) >= 11 is 0. The van der Waals surface area contributed by atoms with E-state index in [-0.39, 0.29) is 5.91 Å². The molecule has 0 aliphatic carbocycles. The lowest BCUT2D eigenvalue weighted by Crippen LogP contribution is -2.34. The average Bonchev–Trinajstić information content (AvgIpc) is 3.04. The number of amides is 1. The molecule has 0 saturated carbocycles. The maximum Gasteiger partial charge on any atom is 0.222 e. The van der Waals surface area contributed by atoms with Crippen molar-refractivity contribution in [3.05, 3.63) is 48.0 Å². The van der Waals surface area contributed by atoms with Gasteiger partial charge in [-0.15, -0.1) is 0 Å². The third kappa shape index (κ3) is 4.83. The molecule has 0 unspecified atom stereocenters. The number of hydrogen-bond acceptors (Lipinski definition) is 4. The van der Waals surface area contributed by atoms with Crippen LogP contribution < -0.4 is 4.74 Å². The van der Waals surface area contributed by atoms with Crippen molar-refractivity contribution in [1.82, 2.24) is 14.5 Å². The van der Waals surface area contributed by atoms with Crippen LogP contribution in [-0.4, -0.2) is 47.7 Å². The average molecular weight is 331 g/mol. The summed E-state index contributed by atoms with van der Waals surface area (Å²) in [5.41, 5.74) is 1.12. The maximum absolute atomic E-state index is 12.1. The zero-order valence-electron chi connectivity index (χ0n) is 14.6. The number of nitrogens with zero attached hydrogens (tertiary/aromatic N) is 3. The molecule has 0 aliphatic heterocycles. The number of aromatic nitrogens is 2. The van der Waals surface area contributed by atoms with Gasteiger partial charge < -0.3 is 18.9 Å². The zero-order chi connectivity index (χ0) is 17.4. The number of ether oxygens (including phenoxy) is 2. The first-order valence-electron chi connectivity index (χ1n) is 8.07. The fourth-order valence-corrected chi connectivity index (χ4v) is 2.49. The Labute approximate surface area is 143 Å². The highest BCUT2D eigenvalue weighted by Crippen LogP contribution is 2.15. The number of benzene rings is 1. The third-order valence-electron chi connectivity index (χ3n) is 3.84. The van der Waals surface area contributed by atoms with Gasteiger partial charge in [0.15, 0.2) is 0 Å². The van der Waals surface area contributed by atoms with Crippen molar-refractivity contribution in [1.29, 1.82) is 0 Å². The van der Waals surface area contributed by atoms with E-state index in [4.69, 9.17) is 9.47 Å². The fourth-order valence-electron chi connectivity index (χ4n) is 2.49. The highest BCUT2D eigenvalue weighted by molar-refractivity contribution is 5.75. The number of carbonyl (C=O) groups excluding carboxylic acids is 1. The SMILES string of the molecule is CCC(=O)N(CCOC)Cc1nccn1Cc1cccc(OC)c1. The molecule has 2 rings (SSSR count). The fraction of sp³-hybridized carbons (Fsp3) is 0.444. The number of methoxy groups -OCH3 is 2. The second-order valence-corrected chi connectivity index (χ2v) is 5.48. The Balaban J connectivity index is 2.11. The second-order valence-electron chi connectivity index (χ2n) is 5.48. The second kappa shape index (κ2) is 9.08. The molecule has 1 heterocycles. The molecule has 0 atom stereocenters. The lowest BCUT2D eigenvalue weighted by molar-refractivity contribution is -0.132. The molecule has 0 bridgehead atoms. The summed E-state index contributed by atoms with van der Waals surface area (Å²) < 4.78 is 12.4. The molecule has 0 saturated heterocycles. The quantitative estimate of drug-likeness (QED) is 0.708. The Morgan fingerprint density at radius 3 is 2.88 bits per heavy atom. The van der Waals surface area contributed by atoms with Crippen LogP contribution in [0.1, 0.15) is 24.7 Å². The molecule has 0 aliphatic rings. The monoisotopic (exact) mass is 331 g/mol. The Morgan fingerprint density at radius 2 is 2.17 bits per heavy atom. The van der Waals surface area contributed by atoms with Gasteiger partial charge in [0.25, 0.3) is 0 Å². The highest BCUT2D eigenvalue weighted by Gasteiger charge is 2.15. The van der Waals surface area contributed by atoms with Gasteiger partial charge in [-0.25, -0.2) is 4.98 Å². The van der Waals surface area contributed by atoms with E-state index in [1.807, 2.05) is 37.4 Å². The van der Waals surface area contributed by atoms with Crippen molar-refractivity contribution in [3.63, 3.8) is 0 Å². The van der Waals surface area contributed by atoms with E-state index in [1.54, 1.807) is 25.3 Å². The first kappa shape index (κ1) is 18.0. The van der Waals surface area contributed by atoms with Gasteiger partial charge in [-0.1, -0.05) is 19.1 Å². The van der Waals surface area contributed by atoms with Crippen LogP contribution in [0.4, 0.5) is 0 Å². The predicted molar refractivity (Wildman–Crippen MR) is 91.9 cm³/mol. The Hall–Kier alpha value is -2.34. The molecule has 24 heavy (non-hydrogen) atoms. The third-order valence-corrected chi connectivity index (χ3v) is 3.84. The standard InChI is InChI=1S/C18H25N3O3/c1-4-18(22)21(10-11-23-2)14-17-19-8-9-20(17)13-15-6-5-7-16(12-15)24-3/h5-9,12H,4,10-11,13-14H2,1-3H3. The van der Waals surface area contributed by atoms with E-state index in [1.165, 1.54) is 0 Å². The van der Waals surface area contributed by atoms with Gasteiger partial charge in [-0.05, 0) is 17.7 Å². The van der Waals surface area contributed by atoms with Gasteiger partial charge in [0, 0.05) is 39.0 Å². The summed E-state index contributed by atoms with van der Waals surface area (Å²) in [5, 5.41) is 0. The van der Waals surface area contributed by atoms with Crippen LogP contribution in [0.25, 0.3) is 0 Å². The minimum absolute atomic E-state index is 0.1000. The van der Waals surface area contributed by atoms with Crippen LogP contribution in [-0.2, 0) is 22.6 Å². The number of imidazole rings is 1. The van der Waals surface area contributed by atoms with Gasteiger partial charge in [0.2, 0.25) is 5.91 Å². The Bertz CT molecular complexity index is 654. The maximum atomic E-state index is 12.1. The molecule has 0 radical (unpaired) electrons. The molecule has 6 heteroatoms. The van der Waals surface area contributed by atoms with Crippen LogP contribution >= 0.6 is 0 Å².